The molecule has 0 N–H and O–H groups in total. The van der Waals surface area contributed by atoms with Gasteiger partial charge in [0.05, 0.1) is 11.4 Å². The standard InChI is InChI=1S/C19H24N2.C14H20N.ClH.Cr/c1-14(2)17-8-5-9-18(15(3)4)19(17)21-12-10-16-7-6-11-20-13-16;1-6-15-14-12(10(2)3)8-7-9-13(14)11(4)5;;/h5-9,11-15H,10H2,1-4H3;6-11H,1H2,2-5H3;1H;/q;-1;;+2/p-1. The SMILES string of the molecule is CC(C)c1cccc(C(C)C)c1N=CCc1cccnc1.[CH2-]C=Nc1c(C(C)C)cccc1C(C)C.[Cl-].[Cr+2]. The van der Waals surface area contributed by atoms with Crippen molar-refractivity contribution in [3.8, 4) is 0 Å². The second-order valence-corrected chi connectivity index (χ2v) is 10.4. The molecule has 0 spiro atoms. The van der Waals surface area contributed by atoms with Crippen LogP contribution in [0.5, 0.6) is 0 Å². The molecule has 0 aliphatic carbocycles. The van der Waals surface area contributed by atoms with Crippen LogP contribution < -0.4 is 12.4 Å². The van der Waals surface area contributed by atoms with Crippen LogP contribution in [0.25, 0.3) is 0 Å². The van der Waals surface area contributed by atoms with Crippen molar-refractivity contribution in [2.45, 2.75) is 85.5 Å². The molecule has 2 aromatic carbocycles. The molecule has 3 aromatic rings. The van der Waals surface area contributed by atoms with Crippen LogP contribution in [0.4, 0.5) is 11.4 Å². The number of halogens is 1. The molecule has 0 saturated carbocycles. The molecule has 204 valence electrons. The summed E-state index contributed by atoms with van der Waals surface area (Å²) in [6.45, 7) is 21.4. The minimum absolute atomic E-state index is 0. The average molecular weight is 570 g/mol. The Bertz CT molecular complexity index is 1080. The van der Waals surface area contributed by atoms with Crippen molar-refractivity contribution in [3.63, 3.8) is 0 Å². The van der Waals surface area contributed by atoms with Gasteiger partial charge in [-0.05, 0) is 57.6 Å². The minimum Gasteiger partial charge on any atom is -1.00 e. The third kappa shape index (κ3) is 10.4. The zero-order valence-electron chi connectivity index (χ0n) is 24.3. The van der Waals surface area contributed by atoms with E-state index in [0.29, 0.717) is 23.7 Å². The van der Waals surface area contributed by atoms with Gasteiger partial charge in [-0.3, -0.25) is 15.0 Å². The Balaban J connectivity index is 0.000000720. The van der Waals surface area contributed by atoms with E-state index in [4.69, 9.17) is 4.99 Å². The molecular weight excluding hydrogens is 526 g/mol. The van der Waals surface area contributed by atoms with Crippen LogP contribution >= 0.6 is 0 Å². The molecule has 0 fully saturated rings. The van der Waals surface area contributed by atoms with Crippen LogP contribution in [0, 0.1) is 6.92 Å². The molecule has 5 heteroatoms. The van der Waals surface area contributed by atoms with E-state index in [1.165, 1.54) is 27.8 Å². The van der Waals surface area contributed by atoms with E-state index >= 15 is 0 Å². The number of para-hydroxylation sites is 2. The van der Waals surface area contributed by atoms with Crippen molar-refractivity contribution in [1.82, 2.24) is 4.98 Å². The molecule has 0 saturated heterocycles. The smallest absolute Gasteiger partial charge is 1.00 e. The fraction of sp³-hybridized carbons (Fsp3) is 0.394. The number of hydrogen-bond acceptors (Lipinski definition) is 3. The van der Waals surface area contributed by atoms with Crippen molar-refractivity contribution in [1.29, 1.82) is 0 Å². The van der Waals surface area contributed by atoms with E-state index in [2.05, 4.69) is 115 Å². The molecule has 0 aliphatic rings. The number of pyridine rings is 1. The van der Waals surface area contributed by atoms with Crippen molar-refractivity contribution in [2.24, 2.45) is 9.98 Å². The van der Waals surface area contributed by atoms with Gasteiger partial charge in [0.2, 0.25) is 0 Å². The largest absolute Gasteiger partial charge is 2.00 e. The zero-order valence-corrected chi connectivity index (χ0v) is 26.3. The second-order valence-electron chi connectivity index (χ2n) is 10.4. The van der Waals surface area contributed by atoms with Gasteiger partial charge in [0, 0.05) is 25.0 Å². The first-order valence-electron chi connectivity index (χ1n) is 13.2. The normalized spacial score (nSPS) is 11.2. The quantitative estimate of drug-likeness (QED) is 0.218. The first-order valence-corrected chi connectivity index (χ1v) is 13.2. The number of nitrogens with zero attached hydrogens (tertiary/aromatic N) is 3. The van der Waals surface area contributed by atoms with Gasteiger partial charge in [-0.15, -0.1) is 6.21 Å². The summed E-state index contributed by atoms with van der Waals surface area (Å²) in [5, 5.41) is 0. The van der Waals surface area contributed by atoms with Gasteiger partial charge < -0.3 is 19.3 Å². The van der Waals surface area contributed by atoms with Crippen LogP contribution in [0.1, 0.15) is 107 Å². The molecule has 3 rings (SSSR count). The molecular formula is C33H44ClCrN3. The maximum atomic E-state index is 4.79. The van der Waals surface area contributed by atoms with Crippen molar-refractivity contribution in [2.75, 3.05) is 0 Å². The number of benzene rings is 2. The van der Waals surface area contributed by atoms with Gasteiger partial charge in [0.15, 0.2) is 0 Å². The van der Waals surface area contributed by atoms with E-state index in [9.17, 15) is 0 Å². The third-order valence-corrected chi connectivity index (χ3v) is 6.18. The summed E-state index contributed by atoms with van der Waals surface area (Å²) < 4.78 is 0. The number of aliphatic imine (C=N–C) groups is 2. The average Bonchev–Trinajstić information content (AvgIpc) is 2.85. The number of aromatic nitrogens is 1. The molecule has 1 heterocycles. The maximum absolute atomic E-state index is 4.79. The van der Waals surface area contributed by atoms with Gasteiger partial charge >= 0.3 is 17.4 Å². The van der Waals surface area contributed by atoms with Crippen molar-refractivity contribution < 1.29 is 29.8 Å². The van der Waals surface area contributed by atoms with E-state index in [0.717, 1.165) is 17.8 Å². The molecule has 0 unspecified atom stereocenters. The van der Waals surface area contributed by atoms with Crippen molar-refractivity contribution in [3.05, 3.63) is 95.7 Å². The summed E-state index contributed by atoms with van der Waals surface area (Å²) in [6.07, 6.45) is 8.14. The summed E-state index contributed by atoms with van der Waals surface area (Å²) >= 11 is 0. The first kappa shape index (κ1) is 35.6. The van der Waals surface area contributed by atoms with Crippen LogP contribution in [0.3, 0.4) is 0 Å². The van der Waals surface area contributed by atoms with Gasteiger partial charge in [-0.2, -0.15) is 0 Å². The fourth-order valence-corrected chi connectivity index (χ4v) is 4.17. The maximum Gasteiger partial charge on any atom is 2.00 e. The predicted octanol–water partition coefficient (Wildman–Crippen LogP) is 6.74. The Morgan fingerprint density at radius 1 is 0.684 bits per heavy atom. The van der Waals surface area contributed by atoms with Gasteiger partial charge in [0.1, 0.15) is 0 Å². The van der Waals surface area contributed by atoms with E-state index in [1.807, 2.05) is 18.5 Å². The van der Waals surface area contributed by atoms with E-state index in [-0.39, 0.29) is 29.8 Å². The van der Waals surface area contributed by atoms with E-state index < -0.39 is 0 Å². The van der Waals surface area contributed by atoms with Gasteiger partial charge in [-0.25, -0.2) is 0 Å². The van der Waals surface area contributed by atoms with Crippen LogP contribution in [0.15, 0.2) is 70.9 Å². The Morgan fingerprint density at radius 3 is 1.45 bits per heavy atom. The summed E-state index contributed by atoms with van der Waals surface area (Å²) in [7, 11) is 0. The Morgan fingerprint density at radius 2 is 1.11 bits per heavy atom. The topological polar surface area (TPSA) is 37.6 Å². The van der Waals surface area contributed by atoms with Gasteiger partial charge in [0.25, 0.3) is 0 Å². The summed E-state index contributed by atoms with van der Waals surface area (Å²) in [5.74, 6) is 1.97. The van der Waals surface area contributed by atoms with Crippen LogP contribution in [0.2, 0.25) is 0 Å². The van der Waals surface area contributed by atoms with E-state index in [1.54, 1.807) is 12.4 Å². The van der Waals surface area contributed by atoms with Crippen LogP contribution in [-0.4, -0.2) is 17.4 Å². The summed E-state index contributed by atoms with van der Waals surface area (Å²) in [6, 6.07) is 17.0. The monoisotopic (exact) mass is 569 g/mol. The summed E-state index contributed by atoms with van der Waals surface area (Å²) in [5.41, 5.74) is 8.70. The molecule has 38 heavy (non-hydrogen) atoms. The van der Waals surface area contributed by atoms with Crippen LogP contribution in [-0.2, 0) is 23.8 Å². The molecule has 0 radical (unpaired) electrons. The third-order valence-electron chi connectivity index (χ3n) is 6.18. The Kier molecular flexibility index (Phi) is 16.9. The predicted molar refractivity (Wildman–Crippen MR) is 159 cm³/mol. The first-order chi connectivity index (χ1) is 17.2. The van der Waals surface area contributed by atoms with Crippen molar-refractivity contribution >= 4 is 23.8 Å². The molecule has 0 atom stereocenters. The molecule has 0 amide bonds. The molecule has 1 aromatic heterocycles. The number of hydrogen-bond donors (Lipinski definition) is 0. The summed E-state index contributed by atoms with van der Waals surface area (Å²) in [4.78, 5) is 13.3. The number of rotatable bonds is 8. The molecule has 0 aliphatic heterocycles. The fourth-order valence-electron chi connectivity index (χ4n) is 4.17. The van der Waals surface area contributed by atoms with Gasteiger partial charge in [-0.1, -0.05) is 97.9 Å². The Labute approximate surface area is 248 Å². The molecule has 0 bridgehead atoms. The minimum atomic E-state index is 0. The molecule has 3 nitrogen and oxygen atoms in total. The second kappa shape index (κ2) is 18.0. The zero-order chi connectivity index (χ0) is 26.7. The Hall–Kier alpha value is -2.38.